The molecule has 0 aromatic heterocycles. The van der Waals surface area contributed by atoms with E-state index in [4.69, 9.17) is 0 Å². The van der Waals surface area contributed by atoms with Crippen LogP contribution in [0.15, 0.2) is 47.4 Å². The van der Waals surface area contributed by atoms with Gasteiger partial charge in [-0.15, -0.1) is 0 Å². The third-order valence-corrected chi connectivity index (χ3v) is 5.87. The predicted molar refractivity (Wildman–Crippen MR) is 104 cm³/mol. The van der Waals surface area contributed by atoms with E-state index in [0.29, 0.717) is 37.4 Å². The molecule has 0 aliphatic carbocycles. The number of carbonyl (C=O) groups excluding carboxylic acids is 2. The Hall–Kier alpha value is -2.74. The molecule has 2 aromatic rings. The lowest BCUT2D eigenvalue weighted by molar-refractivity contribution is 0.0745. The van der Waals surface area contributed by atoms with Crippen molar-refractivity contribution >= 4 is 27.2 Å². The molecule has 6 nitrogen and oxygen atoms in total. The van der Waals surface area contributed by atoms with Gasteiger partial charge in [-0.2, -0.15) is 0 Å². The summed E-state index contributed by atoms with van der Waals surface area (Å²) in [5, 5.41) is 0. The number of piperazine rings is 1. The first kappa shape index (κ1) is 20.0. The van der Waals surface area contributed by atoms with E-state index in [1.54, 1.807) is 29.2 Å². The summed E-state index contributed by atoms with van der Waals surface area (Å²) in [7, 11) is -3.40. The number of amides is 1. The molecule has 1 heterocycles. The quantitative estimate of drug-likeness (QED) is 0.732. The molecule has 0 N–H and O–H groups in total. The lowest BCUT2D eigenvalue weighted by atomic mass is 10.1. The SMILES string of the molecule is CC(=O)c1c(F)cccc1N1CCN(C(=O)c2cccc(S(C)(=O)=O)c2)CC1. The van der Waals surface area contributed by atoms with E-state index >= 15 is 0 Å². The monoisotopic (exact) mass is 404 g/mol. The minimum atomic E-state index is -3.40. The highest BCUT2D eigenvalue weighted by Crippen LogP contribution is 2.25. The van der Waals surface area contributed by atoms with Crippen LogP contribution in [0, 0.1) is 5.82 Å². The minimum Gasteiger partial charge on any atom is -0.367 e. The van der Waals surface area contributed by atoms with Gasteiger partial charge >= 0.3 is 0 Å². The summed E-state index contributed by atoms with van der Waals surface area (Å²) in [6.07, 6.45) is 1.10. The van der Waals surface area contributed by atoms with E-state index in [1.807, 2.05) is 4.90 Å². The standard InChI is InChI=1S/C20H21FN2O4S/c1-14(24)19-17(21)7-4-8-18(19)22-9-11-23(12-10-22)20(25)15-5-3-6-16(13-15)28(2,26)27/h3-8,13H,9-12H2,1-2H3. The van der Waals surface area contributed by atoms with Crippen molar-refractivity contribution in [2.24, 2.45) is 0 Å². The van der Waals surface area contributed by atoms with E-state index in [9.17, 15) is 22.4 Å². The summed E-state index contributed by atoms with van der Waals surface area (Å²) in [6.45, 7) is 2.99. The molecule has 148 valence electrons. The molecule has 1 aliphatic heterocycles. The van der Waals surface area contributed by atoms with Gasteiger partial charge < -0.3 is 9.80 Å². The highest BCUT2D eigenvalue weighted by atomic mass is 32.2. The summed E-state index contributed by atoms with van der Waals surface area (Å²) < 4.78 is 37.5. The molecule has 28 heavy (non-hydrogen) atoms. The molecule has 1 fully saturated rings. The Morgan fingerprint density at radius 2 is 1.64 bits per heavy atom. The average Bonchev–Trinajstić information content (AvgIpc) is 2.66. The number of Topliss-reactive ketones (excluding diaryl/α,β-unsaturated/α-hetero) is 1. The van der Waals surface area contributed by atoms with Crippen LogP contribution in [-0.2, 0) is 9.84 Å². The maximum absolute atomic E-state index is 14.1. The van der Waals surface area contributed by atoms with E-state index in [0.717, 1.165) is 6.26 Å². The van der Waals surface area contributed by atoms with Gasteiger partial charge in [-0.25, -0.2) is 12.8 Å². The number of hydrogen-bond donors (Lipinski definition) is 0. The Morgan fingerprint density at radius 1 is 1.00 bits per heavy atom. The van der Waals surface area contributed by atoms with Gasteiger partial charge in [-0.05, 0) is 37.3 Å². The predicted octanol–water partition coefficient (Wildman–Crippen LogP) is 2.39. The number of carbonyl (C=O) groups is 2. The van der Waals surface area contributed by atoms with Crippen molar-refractivity contribution in [1.29, 1.82) is 0 Å². The second-order valence-corrected chi connectivity index (χ2v) is 8.79. The van der Waals surface area contributed by atoms with Crippen LogP contribution >= 0.6 is 0 Å². The van der Waals surface area contributed by atoms with Crippen LogP contribution < -0.4 is 4.90 Å². The van der Waals surface area contributed by atoms with Crippen LogP contribution in [0.25, 0.3) is 0 Å². The van der Waals surface area contributed by atoms with Crippen LogP contribution in [0.5, 0.6) is 0 Å². The minimum absolute atomic E-state index is 0.0585. The van der Waals surface area contributed by atoms with Gasteiger partial charge in [0.15, 0.2) is 15.6 Å². The van der Waals surface area contributed by atoms with Gasteiger partial charge in [0.1, 0.15) is 5.82 Å². The molecular weight excluding hydrogens is 383 g/mol. The first-order valence-corrected chi connectivity index (χ1v) is 10.7. The molecule has 2 aromatic carbocycles. The Labute approximate surface area is 163 Å². The molecule has 0 atom stereocenters. The van der Waals surface area contributed by atoms with Crippen LogP contribution in [0.4, 0.5) is 10.1 Å². The summed E-state index contributed by atoms with van der Waals surface area (Å²) in [6, 6.07) is 10.5. The fourth-order valence-electron chi connectivity index (χ4n) is 3.32. The van der Waals surface area contributed by atoms with Crippen LogP contribution in [0.1, 0.15) is 27.6 Å². The summed E-state index contributed by atoms with van der Waals surface area (Å²) in [4.78, 5) is 28.2. The van der Waals surface area contributed by atoms with Gasteiger partial charge in [0.2, 0.25) is 0 Å². The Balaban J connectivity index is 1.76. The van der Waals surface area contributed by atoms with E-state index in [1.165, 1.54) is 25.1 Å². The second kappa shape index (κ2) is 7.71. The molecular formula is C20H21FN2O4S. The fourth-order valence-corrected chi connectivity index (χ4v) is 3.98. The first-order chi connectivity index (χ1) is 13.2. The van der Waals surface area contributed by atoms with Crippen molar-refractivity contribution in [3.05, 3.63) is 59.4 Å². The van der Waals surface area contributed by atoms with E-state index in [-0.39, 0.29) is 22.1 Å². The Bertz CT molecular complexity index is 1030. The van der Waals surface area contributed by atoms with Crippen molar-refractivity contribution in [3.63, 3.8) is 0 Å². The number of ketones is 1. The number of halogens is 1. The smallest absolute Gasteiger partial charge is 0.254 e. The first-order valence-electron chi connectivity index (χ1n) is 8.82. The Morgan fingerprint density at radius 3 is 2.25 bits per heavy atom. The maximum atomic E-state index is 14.1. The third kappa shape index (κ3) is 4.06. The number of anilines is 1. The van der Waals surface area contributed by atoms with Crippen molar-refractivity contribution in [2.75, 3.05) is 37.3 Å². The highest BCUT2D eigenvalue weighted by molar-refractivity contribution is 7.90. The normalized spacial score (nSPS) is 14.8. The molecule has 0 saturated carbocycles. The zero-order chi connectivity index (χ0) is 20.5. The number of nitrogens with zero attached hydrogens (tertiary/aromatic N) is 2. The molecule has 0 bridgehead atoms. The number of sulfone groups is 1. The van der Waals surface area contributed by atoms with Crippen LogP contribution in [0.2, 0.25) is 0 Å². The summed E-state index contributed by atoms with van der Waals surface area (Å²) >= 11 is 0. The van der Waals surface area contributed by atoms with Crippen molar-refractivity contribution in [1.82, 2.24) is 4.90 Å². The van der Waals surface area contributed by atoms with Crippen LogP contribution in [0.3, 0.4) is 0 Å². The molecule has 3 rings (SSSR count). The molecule has 1 amide bonds. The topological polar surface area (TPSA) is 74.8 Å². The number of rotatable bonds is 4. The number of benzene rings is 2. The van der Waals surface area contributed by atoms with Gasteiger partial charge in [0, 0.05) is 38.0 Å². The molecule has 8 heteroatoms. The zero-order valence-electron chi connectivity index (χ0n) is 15.7. The third-order valence-electron chi connectivity index (χ3n) is 4.76. The van der Waals surface area contributed by atoms with Gasteiger partial charge in [0.05, 0.1) is 16.1 Å². The summed E-state index contributed by atoms with van der Waals surface area (Å²) in [5.41, 5.74) is 0.897. The van der Waals surface area contributed by atoms with E-state index < -0.39 is 15.7 Å². The second-order valence-electron chi connectivity index (χ2n) is 6.77. The Kier molecular flexibility index (Phi) is 5.51. The molecule has 0 unspecified atom stereocenters. The lowest BCUT2D eigenvalue weighted by Crippen LogP contribution is -2.49. The molecule has 1 aliphatic rings. The lowest BCUT2D eigenvalue weighted by Gasteiger charge is -2.37. The molecule has 1 saturated heterocycles. The van der Waals surface area contributed by atoms with E-state index in [2.05, 4.69) is 0 Å². The summed E-state index contributed by atoms with van der Waals surface area (Å²) in [5.74, 6) is -1.15. The molecule has 0 radical (unpaired) electrons. The largest absolute Gasteiger partial charge is 0.367 e. The molecule has 0 spiro atoms. The van der Waals surface area contributed by atoms with Gasteiger partial charge in [-0.1, -0.05) is 12.1 Å². The average molecular weight is 404 g/mol. The highest BCUT2D eigenvalue weighted by Gasteiger charge is 2.25. The van der Waals surface area contributed by atoms with Gasteiger partial charge in [-0.3, -0.25) is 9.59 Å². The van der Waals surface area contributed by atoms with Crippen molar-refractivity contribution in [2.45, 2.75) is 11.8 Å². The van der Waals surface area contributed by atoms with Crippen molar-refractivity contribution < 1.29 is 22.4 Å². The van der Waals surface area contributed by atoms with Gasteiger partial charge in [0.25, 0.3) is 5.91 Å². The zero-order valence-corrected chi connectivity index (χ0v) is 16.5. The number of hydrogen-bond acceptors (Lipinski definition) is 5. The maximum Gasteiger partial charge on any atom is 0.254 e. The van der Waals surface area contributed by atoms with Crippen LogP contribution in [-0.4, -0.2) is 57.4 Å². The fraction of sp³-hybridized carbons (Fsp3) is 0.300. The van der Waals surface area contributed by atoms with Crippen molar-refractivity contribution in [3.8, 4) is 0 Å².